The van der Waals surface area contributed by atoms with E-state index in [2.05, 4.69) is 5.32 Å². The number of amides is 1. The molecule has 1 fully saturated rings. The highest BCUT2D eigenvalue weighted by Gasteiger charge is 2.55. The van der Waals surface area contributed by atoms with Gasteiger partial charge >= 0.3 is 0 Å². The summed E-state index contributed by atoms with van der Waals surface area (Å²) in [6.45, 7) is 0.649. The first kappa shape index (κ1) is 13.3. The lowest BCUT2D eigenvalue weighted by atomic mass is 10.1. The molecule has 2 unspecified atom stereocenters. The largest absolute Gasteiger partial charge is 0.491 e. The number of para-hydroxylation sites is 2. The van der Waals surface area contributed by atoms with Crippen LogP contribution in [0.2, 0.25) is 0 Å². The SMILES string of the molecule is O=C1Nc2ccccc2C12OCC(COc1ccccc1)O2. The maximum absolute atomic E-state index is 12.3. The minimum absolute atomic E-state index is 0.282. The molecule has 22 heavy (non-hydrogen) atoms. The molecule has 4 rings (SSSR count). The van der Waals surface area contributed by atoms with E-state index in [1.165, 1.54) is 0 Å². The average Bonchev–Trinajstić information content (AvgIpc) is 3.11. The summed E-state index contributed by atoms with van der Waals surface area (Å²) < 4.78 is 17.3. The van der Waals surface area contributed by atoms with Crippen LogP contribution in [0.3, 0.4) is 0 Å². The summed E-state index contributed by atoms with van der Waals surface area (Å²) in [7, 11) is 0. The molecule has 1 amide bonds. The number of fused-ring (bicyclic) bond motifs is 2. The predicted molar refractivity (Wildman–Crippen MR) is 79.5 cm³/mol. The summed E-state index contributed by atoms with van der Waals surface area (Å²) in [6.07, 6.45) is -0.294. The minimum atomic E-state index is -1.33. The van der Waals surface area contributed by atoms with Crippen molar-refractivity contribution >= 4 is 11.6 Å². The molecular weight excluding hydrogens is 282 g/mol. The number of anilines is 1. The number of nitrogens with one attached hydrogen (secondary N) is 1. The third-order valence-corrected chi connectivity index (χ3v) is 3.81. The van der Waals surface area contributed by atoms with Crippen LogP contribution in [0, 0.1) is 0 Å². The van der Waals surface area contributed by atoms with E-state index in [0.717, 1.165) is 17.0 Å². The van der Waals surface area contributed by atoms with E-state index in [1.54, 1.807) is 0 Å². The fourth-order valence-corrected chi connectivity index (χ4v) is 2.77. The number of hydrogen-bond acceptors (Lipinski definition) is 4. The van der Waals surface area contributed by atoms with Crippen LogP contribution < -0.4 is 10.1 Å². The van der Waals surface area contributed by atoms with Crippen molar-refractivity contribution in [2.45, 2.75) is 11.9 Å². The molecule has 0 radical (unpaired) electrons. The number of hydrogen-bond donors (Lipinski definition) is 1. The molecule has 1 N–H and O–H groups in total. The van der Waals surface area contributed by atoms with E-state index in [9.17, 15) is 4.79 Å². The van der Waals surface area contributed by atoms with Crippen LogP contribution in [0.25, 0.3) is 0 Å². The zero-order valence-corrected chi connectivity index (χ0v) is 11.8. The van der Waals surface area contributed by atoms with Crippen molar-refractivity contribution in [3.8, 4) is 5.75 Å². The molecule has 5 heteroatoms. The smallest absolute Gasteiger partial charge is 0.289 e. The van der Waals surface area contributed by atoms with Crippen LogP contribution in [0.5, 0.6) is 5.75 Å². The van der Waals surface area contributed by atoms with Gasteiger partial charge in [0.15, 0.2) is 0 Å². The van der Waals surface area contributed by atoms with Gasteiger partial charge in [-0.1, -0.05) is 36.4 Å². The zero-order valence-electron chi connectivity index (χ0n) is 11.8. The van der Waals surface area contributed by atoms with Gasteiger partial charge in [0.1, 0.15) is 18.5 Å². The van der Waals surface area contributed by atoms with Gasteiger partial charge in [-0.3, -0.25) is 4.79 Å². The average molecular weight is 297 g/mol. The third kappa shape index (κ3) is 2.06. The van der Waals surface area contributed by atoms with Crippen molar-refractivity contribution < 1.29 is 19.0 Å². The maximum atomic E-state index is 12.3. The van der Waals surface area contributed by atoms with Gasteiger partial charge in [0.2, 0.25) is 0 Å². The molecule has 112 valence electrons. The summed E-state index contributed by atoms with van der Waals surface area (Å²) >= 11 is 0. The molecule has 0 aliphatic carbocycles. The van der Waals surface area contributed by atoms with Crippen LogP contribution in [-0.2, 0) is 20.1 Å². The van der Waals surface area contributed by atoms with Gasteiger partial charge in [0.25, 0.3) is 11.7 Å². The summed E-state index contributed by atoms with van der Waals surface area (Å²) in [4.78, 5) is 12.3. The summed E-state index contributed by atoms with van der Waals surface area (Å²) in [5, 5.41) is 2.79. The molecule has 1 spiro atoms. The molecule has 2 aliphatic rings. The van der Waals surface area contributed by atoms with Crippen LogP contribution >= 0.6 is 0 Å². The molecule has 0 aromatic heterocycles. The van der Waals surface area contributed by atoms with Crippen molar-refractivity contribution in [1.29, 1.82) is 0 Å². The fraction of sp³-hybridized carbons (Fsp3) is 0.235. The van der Waals surface area contributed by atoms with Crippen LogP contribution in [-0.4, -0.2) is 25.2 Å². The molecule has 2 aliphatic heterocycles. The Labute approximate surface area is 127 Å². The fourth-order valence-electron chi connectivity index (χ4n) is 2.77. The van der Waals surface area contributed by atoms with E-state index < -0.39 is 5.79 Å². The van der Waals surface area contributed by atoms with E-state index >= 15 is 0 Å². The Hall–Kier alpha value is -2.37. The lowest BCUT2D eigenvalue weighted by molar-refractivity contribution is -0.185. The second-order valence-electron chi connectivity index (χ2n) is 5.29. The Morgan fingerprint density at radius 3 is 2.77 bits per heavy atom. The van der Waals surface area contributed by atoms with Gasteiger partial charge in [0.05, 0.1) is 12.3 Å². The lowest BCUT2D eigenvalue weighted by Gasteiger charge is -2.20. The van der Waals surface area contributed by atoms with E-state index in [1.807, 2.05) is 54.6 Å². The normalized spacial score (nSPS) is 26.0. The summed E-state index contributed by atoms with van der Waals surface area (Å²) in [5.74, 6) is -0.847. The Bertz CT molecular complexity index is 703. The first-order valence-corrected chi connectivity index (χ1v) is 7.18. The molecule has 5 nitrogen and oxygen atoms in total. The summed E-state index contributed by atoms with van der Waals surface area (Å²) in [6, 6.07) is 16.9. The number of rotatable bonds is 3. The van der Waals surface area contributed by atoms with E-state index in [4.69, 9.17) is 14.2 Å². The second kappa shape index (κ2) is 5.12. The number of carbonyl (C=O) groups is 1. The highest BCUT2D eigenvalue weighted by molar-refractivity contribution is 6.04. The van der Waals surface area contributed by atoms with Crippen LogP contribution in [0.15, 0.2) is 54.6 Å². The maximum Gasteiger partial charge on any atom is 0.289 e. The van der Waals surface area contributed by atoms with Crippen molar-refractivity contribution in [3.63, 3.8) is 0 Å². The molecule has 2 heterocycles. The highest BCUT2D eigenvalue weighted by atomic mass is 16.8. The standard InChI is InChI=1S/C17H15NO4/c19-16-17(14-8-4-5-9-15(14)18-16)21-11-13(22-17)10-20-12-6-2-1-3-7-12/h1-9,13H,10-11H2,(H,18,19). The van der Waals surface area contributed by atoms with Crippen LogP contribution in [0.1, 0.15) is 5.56 Å². The minimum Gasteiger partial charge on any atom is -0.491 e. The zero-order chi connectivity index (χ0) is 15.0. The first-order chi connectivity index (χ1) is 10.8. The van der Waals surface area contributed by atoms with Crippen molar-refractivity contribution in [3.05, 3.63) is 60.2 Å². The molecular formula is C17H15NO4. The molecule has 2 aromatic carbocycles. The van der Waals surface area contributed by atoms with E-state index in [-0.39, 0.29) is 12.0 Å². The highest BCUT2D eigenvalue weighted by Crippen LogP contribution is 2.43. The lowest BCUT2D eigenvalue weighted by Crippen LogP contribution is -2.36. The molecule has 1 saturated heterocycles. The predicted octanol–water partition coefficient (Wildman–Crippen LogP) is 2.29. The van der Waals surface area contributed by atoms with Gasteiger partial charge in [-0.15, -0.1) is 0 Å². The van der Waals surface area contributed by atoms with Gasteiger partial charge in [0, 0.05) is 5.56 Å². The summed E-state index contributed by atoms with van der Waals surface area (Å²) in [5.41, 5.74) is 1.46. The van der Waals surface area contributed by atoms with Crippen molar-refractivity contribution in [1.82, 2.24) is 0 Å². The third-order valence-electron chi connectivity index (χ3n) is 3.81. The number of ether oxygens (including phenoxy) is 3. The van der Waals surface area contributed by atoms with Crippen molar-refractivity contribution in [2.75, 3.05) is 18.5 Å². The van der Waals surface area contributed by atoms with Crippen LogP contribution in [0.4, 0.5) is 5.69 Å². The Kier molecular flexibility index (Phi) is 3.10. The van der Waals surface area contributed by atoms with Gasteiger partial charge < -0.3 is 19.5 Å². The topological polar surface area (TPSA) is 56.8 Å². The van der Waals surface area contributed by atoms with Crippen molar-refractivity contribution in [2.24, 2.45) is 0 Å². The Morgan fingerprint density at radius 1 is 1.14 bits per heavy atom. The molecule has 0 bridgehead atoms. The molecule has 2 atom stereocenters. The Balaban J connectivity index is 1.49. The molecule has 0 saturated carbocycles. The van der Waals surface area contributed by atoms with Gasteiger partial charge in [-0.05, 0) is 18.2 Å². The van der Waals surface area contributed by atoms with Gasteiger partial charge in [-0.2, -0.15) is 0 Å². The quantitative estimate of drug-likeness (QED) is 0.944. The monoisotopic (exact) mass is 297 g/mol. The number of benzene rings is 2. The first-order valence-electron chi connectivity index (χ1n) is 7.18. The Morgan fingerprint density at radius 2 is 1.91 bits per heavy atom. The number of carbonyl (C=O) groups excluding carboxylic acids is 1. The second-order valence-corrected chi connectivity index (χ2v) is 5.29. The van der Waals surface area contributed by atoms with E-state index in [0.29, 0.717) is 13.2 Å². The molecule has 2 aromatic rings. The van der Waals surface area contributed by atoms with Gasteiger partial charge in [-0.25, -0.2) is 0 Å².